The maximum atomic E-state index is 5.56. The number of hydrogen-bond acceptors (Lipinski definition) is 4. The monoisotopic (exact) mass is 275 g/mol. The lowest BCUT2D eigenvalue weighted by atomic mass is 10.1. The summed E-state index contributed by atoms with van der Waals surface area (Å²) in [6, 6.07) is 7.86. The topological polar surface area (TPSA) is 43.6 Å². The van der Waals surface area contributed by atoms with Gasteiger partial charge >= 0.3 is 0 Å². The zero-order valence-electron chi connectivity index (χ0n) is 12.2. The van der Waals surface area contributed by atoms with E-state index in [0.717, 1.165) is 47.9 Å². The fourth-order valence-electron chi connectivity index (χ4n) is 2.12. The summed E-state index contributed by atoms with van der Waals surface area (Å²) in [5.74, 6) is 2.38. The number of methoxy groups -OCH3 is 2. The molecule has 0 amide bonds. The van der Waals surface area contributed by atoms with Gasteiger partial charge in [-0.05, 0) is 36.7 Å². The molecule has 4 nitrogen and oxygen atoms in total. The van der Waals surface area contributed by atoms with Crippen molar-refractivity contribution in [3.8, 4) is 22.6 Å². The third kappa shape index (κ3) is 3.14. The lowest BCUT2D eigenvalue weighted by Crippen LogP contribution is -2.13. The third-order valence-electron chi connectivity index (χ3n) is 3.15. The van der Waals surface area contributed by atoms with E-state index in [-0.39, 0.29) is 0 Å². The zero-order valence-corrected chi connectivity index (χ0v) is 12.2. The van der Waals surface area contributed by atoms with E-state index in [1.807, 2.05) is 24.3 Å². The van der Waals surface area contributed by atoms with E-state index in [1.54, 1.807) is 20.5 Å². The molecule has 2 aromatic rings. The predicted octanol–water partition coefficient (Wildman–Crippen LogP) is 3.46. The van der Waals surface area contributed by atoms with Crippen molar-refractivity contribution in [1.29, 1.82) is 0 Å². The van der Waals surface area contributed by atoms with Crippen LogP contribution in [0, 0.1) is 0 Å². The Morgan fingerprint density at radius 1 is 1.10 bits per heavy atom. The molecule has 0 aliphatic carbocycles. The molecule has 1 N–H and O–H groups in total. The minimum absolute atomic E-state index is 0.721. The SMILES string of the molecule is CCCNCc1occc1-c1ccc(OC)c(OC)c1. The van der Waals surface area contributed by atoms with E-state index in [0.29, 0.717) is 0 Å². The van der Waals surface area contributed by atoms with Crippen LogP contribution in [0.5, 0.6) is 11.5 Å². The first-order chi connectivity index (χ1) is 9.80. The van der Waals surface area contributed by atoms with Crippen molar-refractivity contribution in [1.82, 2.24) is 5.32 Å². The Bertz CT molecular complexity index is 548. The Kier molecular flexibility index (Phi) is 5.07. The Hall–Kier alpha value is -1.94. The van der Waals surface area contributed by atoms with Gasteiger partial charge in [0, 0.05) is 5.56 Å². The third-order valence-corrected chi connectivity index (χ3v) is 3.15. The molecule has 0 atom stereocenters. The van der Waals surface area contributed by atoms with Crippen LogP contribution in [-0.4, -0.2) is 20.8 Å². The van der Waals surface area contributed by atoms with E-state index in [4.69, 9.17) is 13.9 Å². The molecule has 20 heavy (non-hydrogen) atoms. The second-order valence-electron chi connectivity index (χ2n) is 4.50. The minimum atomic E-state index is 0.721. The van der Waals surface area contributed by atoms with Gasteiger partial charge in [0.15, 0.2) is 11.5 Å². The number of rotatable bonds is 7. The van der Waals surface area contributed by atoms with Crippen molar-refractivity contribution in [2.24, 2.45) is 0 Å². The maximum absolute atomic E-state index is 5.56. The quantitative estimate of drug-likeness (QED) is 0.786. The molecule has 1 heterocycles. The smallest absolute Gasteiger partial charge is 0.161 e. The van der Waals surface area contributed by atoms with Crippen molar-refractivity contribution >= 4 is 0 Å². The molecule has 0 aliphatic heterocycles. The average molecular weight is 275 g/mol. The van der Waals surface area contributed by atoms with Crippen molar-refractivity contribution in [2.75, 3.05) is 20.8 Å². The van der Waals surface area contributed by atoms with Gasteiger partial charge in [-0.15, -0.1) is 0 Å². The van der Waals surface area contributed by atoms with Gasteiger partial charge in [-0.25, -0.2) is 0 Å². The Labute approximate surface area is 119 Å². The molecule has 0 saturated heterocycles. The fourth-order valence-corrected chi connectivity index (χ4v) is 2.12. The Morgan fingerprint density at radius 3 is 2.60 bits per heavy atom. The van der Waals surface area contributed by atoms with Crippen LogP contribution in [0.1, 0.15) is 19.1 Å². The highest BCUT2D eigenvalue weighted by Gasteiger charge is 2.11. The van der Waals surface area contributed by atoms with Crippen molar-refractivity contribution in [2.45, 2.75) is 19.9 Å². The maximum Gasteiger partial charge on any atom is 0.161 e. The molecule has 0 unspecified atom stereocenters. The van der Waals surface area contributed by atoms with E-state index in [2.05, 4.69) is 12.2 Å². The first-order valence-electron chi connectivity index (χ1n) is 6.79. The van der Waals surface area contributed by atoms with Crippen molar-refractivity contribution < 1.29 is 13.9 Å². The van der Waals surface area contributed by atoms with Crippen LogP contribution in [0.3, 0.4) is 0 Å². The summed E-state index contributed by atoms with van der Waals surface area (Å²) in [7, 11) is 3.27. The van der Waals surface area contributed by atoms with Crippen LogP contribution < -0.4 is 14.8 Å². The van der Waals surface area contributed by atoms with Crippen LogP contribution in [0.4, 0.5) is 0 Å². The van der Waals surface area contributed by atoms with Crippen molar-refractivity contribution in [3.05, 3.63) is 36.3 Å². The van der Waals surface area contributed by atoms with Gasteiger partial charge in [0.1, 0.15) is 5.76 Å². The normalized spacial score (nSPS) is 10.6. The molecule has 1 aromatic heterocycles. The first-order valence-corrected chi connectivity index (χ1v) is 6.79. The highest BCUT2D eigenvalue weighted by atomic mass is 16.5. The van der Waals surface area contributed by atoms with Gasteiger partial charge < -0.3 is 19.2 Å². The highest BCUT2D eigenvalue weighted by Crippen LogP contribution is 2.34. The summed E-state index contributed by atoms with van der Waals surface area (Å²) in [6.07, 6.45) is 2.82. The number of furan rings is 1. The second-order valence-corrected chi connectivity index (χ2v) is 4.50. The molecule has 0 spiro atoms. The molecule has 0 bridgehead atoms. The van der Waals surface area contributed by atoms with Crippen LogP contribution in [0.25, 0.3) is 11.1 Å². The number of nitrogens with one attached hydrogen (secondary N) is 1. The standard InChI is InChI=1S/C16H21NO3/c1-4-8-17-11-16-13(7-9-20-16)12-5-6-14(18-2)15(10-12)19-3/h5-7,9-10,17H,4,8,11H2,1-3H3. The molecule has 0 aliphatic rings. The molecule has 108 valence electrons. The summed E-state index contributed by atoms with van der Waals surface area (Å²) in [5, 5.41) is 3.35. The number of hydrogen-bond donors (Lipinski definition) is 1. The van der Waals surface area contributed by atoms with Gasteiger partial charge in [-0.3, -0.25) is 0 Å². The molecule has 2 rings (SSSR count). The summed E-state index contributed by atoms with van der Waals surface area (Å²) in [5.41, 5.74) is 2.14. The van der Waals surface area contributed by atoms with Crippen LogP contribution >= 0.6 is 0 Å². The molecule has 0 saturated carbocycles. The highest BCUT2D eigenvalue weighted by molar-refractivity contribution is 5.68. The Morgan fingerprint density at radius 2 is 1.90 bits per heavy atom. The van der Waals surface area contributed by atoms with E-state index >= 15 is 0 Å². The molecule has 1 aromatic carbocycles. The van der Waals surface area contributed by atoms with Crippen LogP contribution in [-0.2, 0) is 6.54 Å². The summed E-state index contributed by atoms with van der Waals surface area (Å²) >= 11 is 0. The second kappa shape index (κ2) is 7.01. The molecular weight excluding hydrogens is 254 g/mol. The minimum Gasteiger partial charge on any atom is -0.493 e. The van der Waals surface area contributed by atoms with E-state index in [9.17, 15) is 0 Å². The van der Waals surface area contributed by atoms with Gasteiger partial charge in [0.25, 0.3) is 0 Å². The van der Waals surface area contributed by atoms with E-state index in [1.165, 1.54) is 0 Å². The van der Waals surface area contributed by atoms with Crippen LogP contribution in [0.2, 0.25) is 0 Å². The summed E-state index contributed by atoms with van der Waals surface area (Å²) in [4.78, 5) is 0. The Balaban J connectivity index is 2.25. The van der Waals surface area contributed by atoms with Gasteiger partial charge in [0.2, 0.25) is 0 Å². The summed E-state index contributed by atoms with van der Waals surface area (Å²) < 4.78 is 16.2. The molecule has 4 heteroatoms. The zero-order chi connectivity index (χ0) is 14.4. The predicted molar refractivity (Wildman–Crippen MR) is 79.2 cm³/mol. The lowest BCUT2D eigenvalue weighted by molar-refractivity contribution is 0.355. The van der Waals surface area contributed by atoms with Gasteiger partial charge in [0.05, 0.1) is 27.0 Å². The van der Waals surface area contributed by atoms with Crippen LogP contribution in [0.15, 0.2) is 34.9 Å². The molecular formula is C16H21NO3. The first kappa shape index (κ1) is 14.5. The lowest BCUT2D eigenvalue weighted by Gasteiger charge is -2.10. The van der Waals surface area contributed by atoms with Gasteiger partial charge in [-0.1, -0.05) is 13.0 Å². The number of benzene rings is 1. The largest absolute Gasteiger partial charge is 0.493 e. The summed E-state index contributed by atoms with van der Waals surface area (Å²) in [6.45, 7) is 3.85. The molecule has 0 fully saturated rings. The van der Waals surface area contributed by atoms with Crippen molar-refractivity contribution in [3.63, 3.8) is 0 Å². The van der Waals surface area contributed by atoms with Gasteiger partial charge in [-0.2, -0.15) is 0 Å². The van der Waals surface area contributed by atoms with E-state index < -0.39 is 0 Å². The average Bonchev–Trinajstić information content (AvgIpc) is 2.95. The molecule has 0 radical (unpaired) electrons. The number of ether oxygens (including phenoxy) is 2. The fraction of sp³-hybridized carbons (Fsp3) is 0.375.